The van der Waals surface area contributed by atoms with Gasteiger partial charge in [-0.25, -0.2) is 0 Å². The lowest BCUT2D eigenvalue weighted by Gasteiger charge is -2.09. The Morgan fingerprint density at radius 3 is 2.96 bits per heavy atom. The molecule has 0 atom stereocenters. The topological polar surface area (TPSA) is 69.0 Å². The van der Waals surface area contributed by atoms with Gasteiger partial charge >= 0.3 is 0 Å². The van der Waals surface area contributed by atoms with Gasteiger partial charge < -0.3 is 14.6 Å². The Bertz CT molecular complexity index is 829. The van der Waals surface area contributed by atoms with Crippen LogP contribution in [0.1, 0.15) is 0 Å². The van der Waals surface area contributed by atoms with E-state index in [9.17, 15) is 4.79 Å². The van der Waals surface area contributed by atoms with Crippen molar-refractivity contribution in [2.75, 3.05) is 24.8 Å². The van der Waals surface area contributed by atoms with Gasteiger partial charge in [0.05, 0.1) is 12.4 Å². The van der Waals surface area contributed by atoms with E-state index in [0.717, 1.165) is 16.5 Å². The Labute approximate surface area is 144 Å². The Morgan fingerprint density at radius 2 is 2.08 bits per heavy atom. The highest BCUT2D eigenvalue weighted by Crippen LogP contribution is 2.23. The first kappa shape index (κ1) is 16.5. The van der Waals surface area contributed by atoms with E-state index in [2.05, 4.69) is 15.5 Å². The minimum atomic E-state index is -0.0716. The van der Waals surface area contributed by atoms with Crippen molar-refractivity contribution in [2.45, 2.75) is 11.7 Å². The van der Waals surface area contributed by atoms with Gasteiger partial charge in [0, 0.05) is 24.7 Å². The van der Waals surface area contributed by atoms with Gasteiger partial charge in [-0.1, -0.05) is 48.2 Å². The summed E-state index contributed by atoms with van der Waals surface area (Å²) in [5, 5.41) is 13.7. The summed E-state index contributed by atoms with van der Waals surface area (Å²) in [5.74, 6) is 0.201. The first-order chi connectivity index (χ1) is 11.8. The quantitative estimate of drug-likeness (QED) is 0.669. The molecule has 7 heteroatoms. The summed E-state index contributed by atoms with van der Waals surface area (Å²) >= 11 is 1.36. The highest BCUT2D eigenvalue weighted by molar-refractivity contribution is 7.99. The van der Waals surface area contributed by atoms with Crippen LogP contribution in [0, 0.1) is 0 Å². The van der Waals surface area contributed by atoms with E-state index >= 15 is 0 Å². The minimum Gasteiger partial charge on any atom is -0.383 e. The van der Waals surface area contributed by atoms with Gasteiger partial charge in [0.25, 0.3) is 0 Å². The van der Waals surface area contributed by atoms with Crippen LogP contribution in [-0.2, 0) is 16.1 Å². The summed E-state index contributed by atoms with van der Waals surface area (Å²) in [4.78, 5) is 12.3. The molecule has 0 aliphatic heterocycles. The zero-order valence-electron chi connectivity index (χ0n) is 13.3. The van der Waals surface area contributed by atoms with Gasteiger partial charge in [-0.15, -0.1) is 10.2 Å². The highest BCUT2D eigenvalue weighted by atomic mass is 32.2. The molecule has 124 valence electrons. The number of rotatable bonds is 7. The normalized spacial score (nSPS) is 10.9. The zero-order chi connectivity index (χ0) is 16.8. The molecule has 1 aromatic heterocycles. The molecule has 0 unspecified atom stereocenters. The van der Waals surface area contributed by atoms with Crippen LogP contribution < -0.4 is 5.32 Å². The lowest BCUT2D eigenvalue weighted by molar-refractivity contribution is -0.113. The van der Waals surface area contributed by atoms with Gasteiger partial charge in [-0.2, -0.15) is 0 Å². The maximum Gasteiger partial charge on any atom is 0.234 e. The molecular weight excluding hydrogens is 324 g/mol. The van der Waals surface area contributed by atoms with Crippen molar-refractivity contribution in [1.82, 2.24) is 14.8 Å². The first-order valence-electron chi connectivity index (χ1n) is 7.55. The highest BCUT2D eigenvalue weighted by Gasteiger charge is 2.10. The number of hydrogen-bond donors (Lipinski definition) is 1. The number of thioether (sulfide) groups is 1. The van der Waals surface area contributed by atoms with Gasteiger partial charge in [-0.3, -0.25) is 4.79 Å². The third-order valence-corrected chi connectivity index (χ3v) is 4.49. The Hall–Kier alpha value is -2.38. The number of fused-ring (bicyclic) bond motifs is 1. The molecule has 0 bridgehead atoms. The third-order valence-electron chi connectivity index (χ3n) is 3.51. The summed E-state index contributed by atoms with van der Waals surface area (Å²) < 4.78 is 6.93. The van der Waals surface area contributed by atoms with Crippen molar-refractivity contribution < 1.29 is 9.53 Å². The van der Waals surface area contributed by atoms with Crippen molar-refractivity contribution in [3.63, 3.8) is 0 Å². The molecule has 0 radical (unpaired) electrons. The van der Waals surface area contributed by atoms with Gasteiger partial charge in [0.2, 0.25) is 5.91 Å². The van der Waals surface area contributed by atoms with Crippen molar-refractivity contribution >= 4 is 34.1 Å². The summed E-state index contributed by atoms with van der Waals surface area (Å²) in [6, 6.07) is 13.8. The number of nitrogens with zero attached hydrogens (tertiary/aromatic N) is 3. The second kappa shape index (κ2) is 7.94. The summed E-state index contributed by atoms with van der Waals surface area (Å²) in [5.41, 5.74) is 0.819. The van der Waals surface area contributed by atoms with Crippen molar-refractivity contribution in [1.29, 1.82) is 0 Å². The van der Waals surface area contributed by atoms with E-state index in [1.165, 1.54) is 11.8 Å². The summed E-state index contributed by atoms with van der Waals surface area (Å²) in [7, 11) is 1.65. The monoisotopic (exact) mass is 342 g/mol. The fraction of sp³-hybridized carbons (Fsp3) is 0.235. The second-order valence-electron chi connectivity index (χ2n) is 5.16. The predicted molar refractivity (Wildman–Crippen MR) is 95.2 cm³/mol. The lowest BCUT2D eigenvalue weighted by atomic mass is 10.1. The molecule has 0 saturated heterocycles. The predicted octanol–water partition coefficient (Wildman–Crippen LogP) is 2.81. The number of benzene rings is 2. The van der Waals surface area contributed by atoms with E-state index < -0.39 is 0 Å². The zero-order valence-corrected chi connectivity index (χ0v) is 14.1. The molecule has 2 aromatic carbocycles. The standard InChI is InChI=1S/C17H18N4O2S/c1-23-10-9-21-12-18-20-17(21)24-11-16(22)19-15-8-4-6-13-5-2-3-7-14(13)15/h2-8,12H,9-11H2,1H3,(H,19,22). The molecule has 3 aromatic rings. The SMILES string of the molecule is COCCn1cnnc1SCC(=O)Nc1cccc2ccccc12. The largest absolute Gasteiger partial charge is 0.383 e. The van der Waals surface area contributed by atoms with Crippen LogP contribution >= 0.6 is 11.8 Å². The van der Waals surface area contributed by atoms with Crippen LogP contribution in [0.5, 0.6) is 0 Å². The van der Waals surface area contributed by atoms with Gasteiger partial charge in [0.15, 0.2) is 5.16 Å². The number of hydrogen-bond acceptors (Lipinski definition) is 5. The fourth-order valence-electron chi connectivity index (χ4n) is 2.35. The van der Waals surface area contributed by atoms with Crippen molar-refractivity contribution in [3.8, 4) is 0 Å². The van der Waals surface area contributed by atoms with Crippen LogP contribution in [0.3, 0.4) is 0 Å². The van der Waals surface area contributed by atoms with E-state index in [0.29, 0.717) is 18.3 Å². The minimum absolute atomic E-state index is 0.0716. The number of carbonyl (C=O) groups excluding carboxylic acids is 1. The van der Waals surface area contributed by atoms with Crippen LogP contribution in [0.25, 0.3) is 10.8 Å². The van der Waals surface area contributed by atoms with Crippen LogP contribution in [0.15, 0.2) is 53.9 Å². The molecule has 0 aliphatic carbocycles. The molecule has 0 fully saturated rings. The number of amides is 1. The molecule has 0 saturated carbocycles. The number of anilines is 1. The Kier molecular flexibility index (Phi) is 5.45. The molecule has 1 amide bonds. The Balaban J connectivity index is 1.63. The maximum atomic E-state index is 12.3. The molecule has 3 rings (SSSR count). The maximum absolute atomic E-state index is 12.3. The van der Waals surface area contributed by atoms with Crippen LogP contribution in [0.2, 0.25) is 0 Å². The van der Waals surface area contributed by atoms with Crippen molar-refractivity contribution in [3.05, 3.63) is 48.8 Å². The molecular formula is C17H18N4O2S. The van der Waals surface area contributed by atoms with Crippen molar-refractivity contribution in [2.24, 2.45) is 0 Å². The number of carbonyl (C=O) groups is 1. The first-order valence-corrected chi connectivity index (χ1v) is 8.53. The number of methoxy groups -OCH3 is 1. The van der Waals surface area contributed by atoms with Gasteiger partial charge in [-0.05, 0) is 11.5 Å². The number of ether oxygens (including phenoxy) is 1. The third kappa shape index (κ3) is 3.93. The summed E-state index contributed by atoms with van der Waals surface area (Å²) in [6.07, 6.45) is 1.64. The average molecular weight is 342 g/mol. The molecule has 24 heavy (non-hydrogen) atoms. The number of aromatic nitrogens is 3. The summed E-state index contributed by atoms with van der Waals surface area (Å²) in [6.45, 7) is 1.24. The molecule has 0 spiro atoms. The van der Waals surface area contributed by atoms with Crippen LogP contribution in [-0.4, -0.2) is 40.1 Å². The molecule has 1 N–H and O–H groups in total. The number of nitrogens with one attached hydrogen (secondary N) is 1. The smallest absolute Gasteiger partial charge is 0.234 e. The van der Waals surface area contributed by atoms with E-state index in [1.807, 2.05) is 47.0 Å². The average Bonchev–Trinajstić information content (AvgIpc) is 3.06. The van der Waals surface area contributed by atoms with Crippen LogP contribution in [0.4, 0.5) is 5.69 Å². The Morgan fingerprint density at radius 1 is 1.25 bits per heavy atom. The van der Waals surface area contributed by atoms with E-state index in [4.69, 9.17) is 4.74 Å². The molecule has 0 aliphatic rings. The molecule has 1 heterocycles. The van der Waals surface area contributed by atoms with E-state index in [-0.39, 0.29) is 11.7 Å². The lowest BCUT2D eigenvalue weighted by Crippen LogP contribution is -2.15. The van der Waals surface area contributed by atoms with Gasteiger partial charge in [0.1, 0.15) is 6.33 Å². The molecule has 6 nitrogen and oxygen atoms in total. The van der Waals surface area contributed by atoms with E-state index in [1.54, 1.807) is 13.4 Å². The fourth-order valence-corrected chi connectivity index (χ4v) is 3.09. The second-order valence-corrected chi connectivity index (χ2v) is 6.11.